The molecule has 0 saturated heterocycles. The standard InChI is InChI=1S/C24H20ClN3O5/c1-31-17-8-9-19-20(13-17)28-23(27-19)24(30)26-15-4-6-16(7-5-15)33-21-10-3-14(11-18(21)25)12-22(29)32-2/h3-11,13H,12H2,1-2H3,(H,26,30)(H,27,28). The maximum Gasteiger partial charge on any atom is 0.309 e. The highest BCUT2D eigenvalue weighted by molar-refractivity contribution is 6.32. The number of methoxy groups -OCH3 is 2. The molecule has 0 atom stereocenters. The summed E-state index contributed by atoms with van der Waals surface area (Å²) in [6, 6.07) is 17.3. The number of nitrogens with one attached hydrogen (secondary N) is 2. The highest BCUT2D eigenvalue weighted by Crippen LogP contribution is 2.31. The summed E-state index contributed by atoms with van der Waals surface area (Å²) in [5.74, 6) is 1.12. The first kappa shape index (κ1) is 22.2. The van der Waals surface area contributed by atoms with Crippen molar-refractivity contribution in [3.8, 4) is 17.2 Å². The second-order valence-electron chi connectivity index (χ2n) is 7.07. The summed E-state index contributed by atoms with van der Waals surface area (Å²) < 4.78 is 15.7. The van der Waals surface area contributed by atoms with Crippen molar-refractivity contribution in [2.75, 3.05) is 19.5 Å². The number of hydrogen-bond acceptors (Lipinski definition) is 6. The molecule has 1 amide bonds. The molecular weight excluding hydrogens is 446 g/mol. The molecular formula is C24H20ClN3O5. The Bertz CT molecular complexity index is 1320. The number of rotatable bonds is 7. The molecule has 0 radical (unpaired) electrons. The highest BCUT2D eigenvalue weighted by atomic mass is 35.5. The molecule has 0 aliphatic rings. The van der Waals surface area contributed by atoms with Gasteiger partial charge in [0.25, 0.3) is 5.91 Å². The maximum atomic E-state index is 12.6. The molecule has 0 unspecified atom stereocenters. The average molecular weight is 466 g/mol. The maximum absolute atomic E-state index is 12.6. The number of halogens is 1. The first-order valence-electron chi connectivity index (χ1n) is 9.93. The molecule has 1 aromatic heterocycles. The Balaban J connectivity index is 1.41. The number of fused-ring (bicyclic) bond motifs is 1. The fourth-order valence-electron chi connectivity index (χ4n) is 3.12. The van der Waals surface area contributed by atoms with E-state index in [1.807, 2.05) is 0 Å². The van der Waals surface area contributed by atoms with Gasteiger partial charge in [-0.05, 0) is 54.1 Å². The Morgan fingerprint density at radius 1 is 1.00 bits per heavy atom. The average Bonchev–Trinajstić information content (AvgIpc) is 3.25. The van der Waals surface area contributed by atoms with Gasteiger partial charge in [-0.1, -0.05) is 17.7 Å². The lowest BCUT2D eigenvalue weighted by Crippen LogP contribution is -2.13. The van der Waals surface area contributed by atoms with Crippen LogP contribution in [-0.4, -0.2) is 36.1 Å². The zero-order chi connectivity index (χ0) is 23.4. The quantitative estimate of drug-likeness (QED) is 0.373. The van der Waals surface area contributed by atoms with Gasteiger partial charge in [-0.15, -0.1) is 0 Å². The van der Waals surface area contributed by atoms with E-state index in [1.54, 1.807) is 67.8 Å². The lowest BCUT2D eigenvalue weighted by molar-refractivity contribution is -0.139. The fourth-order valence-corrected chi connectivity index (χ4v) is 3.36. The number of aromatic amines is 1. The van der Waals surface area contributed by atoms with E-state index in [1.165, 1.54) is 7.11 Å². The van der Waals surface area contributed by atoms with Gasteiger partial charge in [0, 0.05) is 11.8 Å². The van der Waals surface area contributed by atoms with Crippen LogP contribution < -0.4 is 14.8 Å². The van der Waals surface area contributed by atoms with Crippen LogP contribution in [-0.2, 0) is 16.0 Å². The predicted molar refractivity (Wildman–Crippen MR) is 124 cm³/mol. The van der Waals surface area contributed by atoms with Crippen LogP contribution in [0.3, 0.4) is 0 Å². The normalized spacial score (nSPS) is 10.6. The third-order valence-corrected chi connectivity index (χ3v) is 5.11. The Morgan fingerprint density at radius 3 is 2.45 bits per heavy atom. The molecule has 8 nitrogen and oxygen atoms in total. The zero-order valence-corrected chi connectivity index (χ0v) is 18.6. The largest absolute Gasteiger partial charge is 0.497 e. The molecule has 0 spiro atoms. The van der Waals surface area contributed by atoms with Crippen molar-refractivity contribution < 1.29 is 23.8 Å². The molecule has 1 heterocycles. The second-order valence-corrected chi connectivity index (χ2v) is 7.47. The van der Waals surface area contributed by atoms with E-state index >= 15 is 0 Å². The summed E-state index contributed by atoms with van der Waals surface area (Å²) in [5.41, 5.74) is 2.67. The van der Waals surface area contributed by atoms with E-state index in [0.29, 0.717) is 39.0 Å². The van der Waals surface area contributed by atoms with Gasteiger partial charge in [0.1, 0.15) is 17.2 Å². The van der Waals surface area contributed by atoms with Crippen LogP contribution in [0.1, 0.15) is 16.2 Å². The number of H-pyrrole nitrogens is 1. The third-order valence-electron chi connectivity index (χ3n) is 4.82. The summed E-state index contributed by atoms with van der Waals surface area (Å²) in [4.78, 5) is 31.3. The van der Waals surface area contributed by atoms with Gasteiger partial charge in [0.2, 0.25) is 0 Å². The highest BCUT2D eigenvalue weighted by Gasteiger charge is 2.13. The first-order chi connectivity index (χ1) is 15.9. The van der Waals surface area contributed by atoms with E-state index in [0.717, 1.165) is 5.56 Å². The fraction of sp³-hybridized carbons (Fsp3) is 0.125. The smallest absolute Gasteiger partial charge is 0.309 e. The summed E-state index contributed by atoms with van der Waals surface area (Å²) in [7, 11) is 2.91. The number of carbonyl (C=O) groups excluding carboxylic acids is 2. The number of aromatic nitrogens is 2. The number of nitrogens with zero attached hydrogens (tertiary/aromatic N) is 1. The minimum Gasteiger partial charge on any atom is -0.497 e. The minimum atomic E-state index is -0.372. The number of ether oxygens (including phenoxy) is 3. The molecule has 4 rings (SSSR count). The number of imidazole rings is 1. The molecule has 0 aliphatic heterocycles. The summed E-state index contributed by atoms with van der Waals surface area (Å²) >= 11 is 6.27. The molecule has 9 heteroatoms. The van der Waals surface area contributed by atoms with Crippen LogP contribution in [0.4, 0.5) is 5.69 Å². The van der Waals surface area contributed by atoms with E-state index < -0.39 is 0 Å². The minimum absolute atomic E-state index is 0.129. The van der Waals surface area contributed by atoms with E-state index in [-0.39, 0.29) is 24.1 Å². The third kappa shape index (κ3) is 5.24. The van der Waals surface area contributed by atoms with Gasteiger partial charge >= 0.3 is 5.97 Å². The Hall–Kier alpha value is -4.04. The van der Waals surface area contributed by atoms with Gasteiger partial charge in [0.15, 0.2) is 5.82 Å². The molecule has 4 aromatic rings. The predicted octanol–water partition coefficient (Wildman–Crippen LogP) is 4.99. The van der Waals surface area contributed by atoms with Crippen molar-refractivity contribution in [2.45, 2.75) is 6.42 Å². The van der Waals surface area contributed by atoms with Crippen LogP contribution in [0, 0.1) is 0 Å². The van der Waals surface area contributed by atoms with Gasteiger partial charge in [-0.25, -0.2) is 4.98 Å². The van der Waals surface area contributed by atoms with Crippen LogP contribution >= 0.6 is 11.6 Å². The topological polar surface area (TPSA) is 103 Å². The lowest BCUT2D eigenvalue weighted by Gasteiger charge is -2.10. The molecule has 33 heavy (non-hydrogen) atoms. The van der Waals surface area contributed by atoms with Crippen LogP contribution in [0.15, 0.2) is 60.7 Å². The van der Waals surface area contributed by atoms with Gasteiger partial charge in [-0.2, -0.15) is 0 Å². The van der Waals surface area contributed by atoms with Gasteiger partial charge in [0.05, 0.1) is 36.7 Å². The van der Waals surface area contributed by atoms with Crippen molar-refractivity contribution in [1.82, 2.24) is 9.97 Å². The number of hydrogen-bond donors (Lipinski definition) is 2. The Morgan fingerprint density at radius 2 is 1.76 bits per heavy atom. The van der Waals surface area contributed by atoms with Gasteiger partial charge < -0.3 is 24.5 Å². The first-order valence-corrected chi connectivity index (χ1v) is 10.3. The Kier molecular flexibility index (Phi) is 6.46. The van der Waals surface area contributed by atoms with Crippen LogP contribution in [0.5, 0.6) is 17.2 Å². The summed E-state index contributed by atoms with van der Waals surface area (Å²) in [5, 5.41) is 3.16. The molecule has 3 aromatic carbocycles. The van der Waals surface area contributed by atoms with Crippen molar-refractivity contribution in [1.29, 1.82) is 0 Å². The molecule has 2 N–H and O–H groups in total. The zero-order valence-electron chi connectivity index (χ0n) is 17.8. The number of benzene rings is 3. The number of anilines is 1. The molecule has 0 fully saturated rings. The molecule has 0 aliphatic carbocycles. The lowest BCUT2D eigenvalue weighted by atomic mass is 10.1. The summed E-state index contributed by atoms with van der Waals surface area (Å²) in [6.45, 7) is 0. The molecule has 0 bridgehead atoms. The molecule has 0 saturated carbocycles. The SMILES string of the molecule is COC(=O)Cc1ccc(Oc2ccc(NC(=O)c3nc4ccc(OC)cc4[nH]3)cc2)c(Cl)c1. The second kappa shape index (κ2) is 9.62. The van der Waals surface area contributed by atoms with Crippen molar-refractivity contribution in [2.24, 2.45) is 0 Å². The van der Waals surface area contributed by atoms with Crippen LogP contribution in [0.25, 0.3) is 11.0 Å². The number of esters is 1. The van der Waals surface area contributed by atoms with E-state index in [2.05, 4.69) is 20.0 Å². The van der Waals surface area contributed by atoms with Gasteiger partial charge in [-0.3, -0.25) is 9.59 Å². The summed E-state index contributed by atoms with van der Waals surface area (Å²) in [6.07, 6.45) is 0.129. The van der Waals surface area contributed by atoms with Crippen molar-refractivity contribution >= 4 is 40.2 Å². The van der Waals surface area contributed by atoms with Crippen molar-refractivity contribution in [3.05, 3.63) is 77.1 Å². The monoisotopic (exact) mass is 465 g/mol. The van der Waals surface area contributed by atoms with Crippen molar-refractivity contribution in [3.63, 3.8) is 0 Å². The van der Waals surface area contributed by atoms with E-state index in [9.17, 15) is 9.59 Å². The van der Waals surface area contributed by atoms with E-state index in [4.69, 9.17) is 21.1 Å². The Labute approximate surface area is 194 Å². The van der Waals surface area contributed by atoms with Crippen LogP contribution in [0.2, 0.25) is 5.02 Å². The molecule has 168 valence electrons. The number of amides is 1. The number of carbonyl (C=O) groups is 2.